The Hall–Kier alpha value is -1.97. The lowest BCUT2D eigenvalue weighted by atomic mass is 10.2. The highest BCUT2D eigenvalue weighted by Gasteiger charge is 2.10. The van der Waals surface area contributed by atoms with Gasteiger partial charge in [-0.25, -0.2) is 4.79 Å². The maximum Gasteiger partial charge on any atom is 0.354 e. The van der Waals surface area contributed by atoms with Crippen molar-refractivity contribution in [1.82, 2.24) is 4.98 Å². The summed E-state index contributed by atoms with van der Waals surface area (Å²) in [5.41, 5.74) is 1.34. The first-order valence-electron chi connectivity index (χ1n) is 5.67. The number of aromatic amines is 1. The number of H-pyrrole nitrogens is 1. The molecule has 0 spiro atoms. The second-order valence-corrected chi connectivity index (χ2v) is 3.59. The summed E-state index contributed by atoms with van der Waals surface area (Å²) in [6, 6.07) is 7.46. The van der Waals surface area contributed by atoms with Crippen molar-refractivity contribution in [3.05, 3.63) is 30.0 Å². The summed E-state index contributed by atoms with van der Waals surface area (Å²) in [7, 11) is 0. The van der Waals surface area contributed by atoms with Gasteiger partial charge in [-0.2, -0.15) is 0 Å². The van der Waals surface area contributed by atoms with Gasteiger partial charge in [0.05, 0.1) is 13.2 Å². The SMILES string of the molecule is CCOC(=O)c1cc2ccc(OCC)cc2[nH]1. The van der Waals surface area contributed by atoms with Crippen molar-refractivity contribution in [3.63, 3.8) is 0 Å². The molecule has 0 bridgehead atoms. The number of rotatable bonds is 4. The predicted molar refractivity (Wildman–Crippen MR) is 65.4 cm³/mol. The van der Waals surface area contributed by atoms with E-state index in [1.165, 1.54) is 0 Å². The number of hydrogen-bond donors (Lipinski definition) is 1. The number of fused-ring (bicyclic) bond motifs is 1. The topological polar surface area (TPSA) is 51.3 Å². The number of carbonyl (C=O) groups excluding carboxylic acids is 1. The summed E-state index contributed by atoms with van der Waals surface area (Å²) >= 11 is 0. The Morgan fingerprint density at radius 3 is 2.76 bits per heavy atom. The molecule has 4 nitrogen and oxygen atoms in total. The fraction of sp³-hybridized carbons (Fsp3) is 0.308. The van der Waals surface area contributed by atoms with E-state index in [0.717, 1.165) is 16.7 Å². The summed E-state index contributed by atoms with van der Waals surface area (Å²) in [5, 5.41) is 0.969. The van der Waals surface area contributed by atoms with Crippen LogP contribution < -0.4 is 4.74 Å². The second kappa shape index (κ2) is 4.91. The van der Waals surface area contributed by atoms with E-state index in [9.17, 15) is 4.79 Å². The molecule has 0 fully saturated rings. The standard InChI is InChI=1S/C13H15NO3/c1-3-16-10-6-5-9-7-12(13(15)17-4-2)14-11(9)8-10/h5-8,14H,3-4H2,1-2H3. The number of nitrogens with one attached hydrogen (secondary N) is 1. The second-order valence-electron chi connectivity index (χ2n) is 3.59. The zero-order valence-electron chi connectivity index (χ0n) is 9.95. The Balaban J connectivity index is 2.33. The van der Waals surface area contributed by atoms with Gasteiger partial charge in [0.2, 0.25) is 0 Å². The number of ether oxygens (including phenoxy) is 2. The molecule has 1 heterocycles. The van der Waals surface area contributed by atoms with Crippen LogP contribution in [0.25, 0.3) is 10.9 Å². The highest BCUT2D eigenvalue weighted by atomic mass is 16.5. The van der Waals surface area contributed by atoms with Crippen molar-refractivity contribution in [3.8, 4) is 5.75 Å². The third-order valence-electron chi connectivity index (χ3n) is 2.40. The van der Waals surface area contributed by atoms with E-state index in [1.807, 2.05) is 25.1 Å². The van der Waals surface area contributed by atoms with Crippen LogP contribution in [0.2, 0.25) is 0 Å². The Labute approximate surface area is 99.5 Å². The number of aromatic nitrogens is 1. The van der Waals surface area contributed by atoms with E-state index in [1.54, 1.807) is 13.0 Å². The molecule has 0 saturated carbocycles. The molecule has 4 heteroatoms. The van der Waals surface area contributed by atoms with Gasteiger partial charge in [-0.05, 0) is 32.0 Å². The zero-order chi connectivity index (χ0) is 12.3. The van der Waals surface area contributed by atoms with Crippen molar-refractivity contribution < 1.29 is 14.3 Å². The molecule has 0 aliphatic rings. The molecule has 0 amide bonds. The minimum atomic E-state index is -0.332. The van der Waals surface area contributed by atoms with Gasteiger partial charge < -0.3 is 14.5 Å². The lowest BCUT2D eigenvalue weighted by Crippen LogP contribution is -2.04. The molecule has 1 aromatic heterocycles. The van der Waals surface area contributed by atoms with Crippen molar-refractivity contribution in [2.45, 2.75) is 13.8 Å². The Morgan fingerprint density at radius 2 is 2.06 bits per heavy atom. The van der Waals surface area contributed by atoms with E-state index in [2.05, 4.69) is 4.98 Å². The van der Waals surface area contributed by atoms with Crippen molar-refractivity contribution in [2.24, 2.45) is 0 Å². The molecular formula is C13H15NO3. The molecule has 0 unspecified atom stereocenters. The summed E-state index contributed by atoms with van der Waals surface area (Å²) < 4.78 is 10.3. The maximum absolute atomic E-state index is 11.5. The lowest BCUT2D eigenvalue weighted by molar-refractivity contribution is 0.0520. The van der Waals surface area contributed by atoms with Gasteiger partial charge in [-0.3, -0.25) is 0 Å². The van der Waals surface area contributed by atoms with Crippen LogP contribution in [0, 0.1) is 0 Å². The van der Waals surface area contributed by atoms with Crippen molar-refractivity contribution in [1.29, 1.82) is 0 Å². The molecule has 0 aliphatic heterocycles. The molecule has 0 aliphatic carbocycles. The molecule has 0 saturated heterocycles. The molecule has 0 atom stereocenters. The van der Waals surface area contributed by atoms with Gasteiger partial charge in [0.1, 0.15) is 11.4 Å². The van der Waals surface area contributed by atoms with Crippen LogP contribution in [0.15, 0.2) is 24.3 Å². The fourth-order valence-corrected chi connectivity index (χ4v) is 1.68. The van der Waals surface area contributed by atoms with Gasteiger partial charge in [0.15, 0.2) is 0 Å². The highest BCUT2D eigenvalue weighted by molar-refractivity contribution is 5.95. The van der Waals surface area contributed by atoms with E-state index in [4.69, 9.17) is 9.47 Å². The minimum absolute atomic E-state index is 0.332. The number of benzene rings is 1. The monoisotopic (exact) mass is 233 g/mol. The fourth-order valence-electron chi connectivity index (χ4n) is 1.68. The first-order valence-corrected chi connectivity index (χ1v) is 5.67. The molecule has 90 valence electrons. The molecule has 2 rings (SSSR count). The smallest absolute Gasteiger partial charge is 0.354 e. The average Bonchev–Trinajstić information content (AvgIpc) is 2.73. The number of carbonyl (C=O) groups is 1. The third kappa shape index (κ3) is 2.41. The number of hydrogen-bond acceptors (Lipinski definition) is 3. The Bertz CT molecular complexity index is 530. The molecule has 2 aromatic rings. The van der Waals surface area contributed by atoms with Crippen LogP contribution in [-0.2, 0) is 4.74 Å². The summed E-state index contributed by atoms with van der Waals surface area (Å²) in [4.78, 5) is 14.6. The molecule has 1 aromatic carbocycles. The first-order chi connectivity index (χ1) is 8.24. The lowest BCUT2D eigenvalue weighted by Gasteiger charge is -2.01. The van der Waals surface area contributed by atoms with Crippen molar-refractivity contribution >= 4 is 16.9 Å². The molecule has 1 N–H and O–H groups in total. The molecule has 17 heavy (non-hydrogen) atoms. The number of esters is 1. The Kier molecular flexibility index (Phi) is 3.32. The normalized spacial score (nSPS) is 10.5. The van der Waals surface area contributed by atoms with Crippen LogP contribution in [-0.4, -0.2) is 24.2 Å². The van der Waals surface area contributed by atoms with E-state index in [0.29, 0.717) is 18.9 Å². The minimum Gasteiger partial charge on any atom is -0.494 e. The van der Waals surface area contributed by atoms with Crippen LogP contribution in [0.5, 0.6) is 5.75 Å². The van der Waals surface area contributed by atoms with Crippen LogP contribution in [0.3, 0.4) is 0 Å². The van der Waals surface area contributed by atoms with Crippen LogP contribution >= 0.6 is 0 Å². The highest BCUT2D eigenvalue weighted by Crippen LogP contribution is 2.21. The van der Waals surface area contributed by atoms with E-state index < -0.39 is 0 Å². The summed E-state index contributed by atoms with van der Waals surface area (Å²) in [6.45, 7) is 4.71. The van der Waals surface area contributed by atoms with Gasteiger partial charge in [0.25, 0.3) is 0 Å². The molecular weight excluding hydrogens is 218 g/mol. The van der Waals surface area contributed by atoms with Crippen LogP contribution in [0.4, 0.5) is 0 Å². The van der Waals surface area contributed by atoms with E-state index in [-0.39, 0.29) is 5.97 Å². The van der Waals surface area contributed by atoms with Gasteiger partial charge in [-0.1, -0.05) is 0 Å². The quantitative estimate of drug-likeness (QED) is 0.826. The van der Waals surface area contributed by atoms with Crippen LogP contribution in [0.1, 0.15) is 24.3 Å². The predicted octanol–water partition coefficient (Wildman–Crippen LogP) is 2.74. The largest absolute Gasteiger partial charge is 0.494 e. The average molecular weight is 233 g/mol. The van der Waals surface area contributed by atoms with Crippen molar-refractivity contribution in [2.75, 3.05) is 13.2 Å². The van der Waals surface area contributed by atoms with Gasteiger partial charge in [0, 0.05) is 17.0 Å². The summed E-state index contributed by atoms with van der Waals surface area (Å²) in [5.74, 6) is 0.457. The Morgan fingerprint density at radius 1 is 1.24 bits per heavy atom. The summed E-state index contributed by atoms with van der Waals surface area (Å²) in [6.07, 6.45) is 0. The van der Waals surface area contributed by atoms with Gasteiger partial charge in [-0.15, -0.1) is 0 Å². The molecule has 0 radical (unpaired) electrons. The first kappa shape index (κ1) is 11.5. The zero-order valence-corrected chi connectivity index (χ0v) is 9.95. The maximum atomic E-state index is 11.5. The van der Waals surface area contributed by atoms with E-state index >= 15 is 0 Å². The third-order valence-corrected chi connectivity index (χ3v) is 2.40. The van der Waals surface area contributed by atoms with Gasteiger partial charge >= 0.3 is 5.97 Å².